The number of carbonyl (C=O) groups excluding carboxylic acids is 1. The van der Waals surface area contributed by atoms with Gasteiger partial charge in [0.05, 0.1) is 10.5 Å². The zero-order valence-corrected chi connectivity index (χ0v) is 12.0. The van der Waals surface area contributed by atoms with Gasteiger partial charge in [0, 0.05) is 15.7 Å². The fourth-order valence-corrected chi connectivity index (χ4v) is 2.04. The number of halogens is 2. The number of nitro groups is 1. The van der Waals surface area contributed by atoms with Crippen LogP contribution in [-0.4, -0.2) is 15.8 Å². The van der Waals surface area contributed by atoms with Crippen molar-refractivity contribution in [3.05, 3.63) is 61.6 Å². The SMILES string of the molecule is O=C(Nc1cccc(F)n1)c1cc([N+](=O)[O-])ccc1I. The van der Waals surface area contributed by atoms with E-state index in [-0.39, 0.29) is 17.1 Å². The fraction of sp³-hybridized carbons (Fsp3) is 0. The Balaban J connectivity index is 2.29. The third kappa shape index (κ3) is 3.26. The molecule has 1 heterocycles. The van der Waals surface area contributed by atoms with Gasteiger partial charge in [0.15, 0.2) is 0 Å². The van der Waals surface area contributed by atoms with Crippen molar-refractivity contribution in [1.82, 2.24) is 4.98 Å². The average Bonchev–Trinajstić information content (AvgIpc) is 2.38. The standard InChI is InChI=1S/C12H7FIN3O3/c13-10-2-1-3-11(15-10)16-12(18)8-6-7(17(19)20)4-5-9(8)14/h1-6H,(H,15,16,18). The van der Waals surface area contributed by atoms with Gasteiger partial charge in [-0.25, -0.2) is 4.98 Å². The number of anilines is 1. The maximum Gasteiger partial charge on any atom is 0.270 e. The van der Waals surface area contributed by atoms with E-state index in [1.54, 1.807) is 0 Å². The molecule has 1 amide bonds. The molecule has 0 bridgehead atoms. The monoisotopic (exact) mass is 387 g/mol. The van der Waals surface area contributed by atoms with E-state index in [1.807, 2.05) is 22.6 Å². The number of pyridine rings is 1. The van der Waals surface area contributed by atoms with Crippen molar-refractivity contribution in [2.24, 2.45) is 0 Å². The molecule has 0 radical (unpaired) electrons. The maximum absolute atomic E-state index is 12.9. The molecule has 2 aromatic rings. The Labute approximate surface area is 126 Å². The Morgan fingerprint density at radius 3 is 2.75 bits per heavy atom. The van der Waals surface area contributed by atoms with Crippen LogP contribution < -0.4 is 5.32 Å². The van der Waals surface area contributed by atoms with E-state index in [4.69, 9.17) is 0 Å². The van der Waals surface area contributed by atoms with Crippen LogP contribution >= 0.6 is 22.6 Å². The Kier molecular flexibility index (Phi) is 4.23. The molecule has 0 saturated heterocycles. The molecule has 8 heteroatoms. The molecule has 0 aliphatic heterocycles. The highest BCUT2D eigenvalue weighted by atomic mass is 127. The van der Waals surface area contributed by atoms with Gasteiger partial charge in [-0.1, -0.05) is 6.07 Å². The van der Waals surface area contributed by atoms with Crippen LogP contribution in [-0.2, 0) is 0 Å². The molecule has 0 atom stereocenters. The summed E-state index contributed by atoms with van der Waals surface area (Å²) >= 11 is 1.89. The molecule has 0 fully saturated rings. The zero-order valence-electron chi connectivity index (χ0n) is 9.84. The Hall–Kier alpha value is -2.10. The number of carbonyl (C=O) groups is 1. The number of benzene rings is 1. The van der Waals surface area contributed by atoms with E-state index < -0.39 is 16.8 Å². The van der Waals surface area contributed by atoms with E-state index in [0.29, 0.717) is 3.57 Å². The van der Waals surface area contributed by atoms with E-state index >= 15 is 0 Å². The van der Waals surface area contributed by atoms with Crippen LogP contribution in [0.3, 0.4) is 0 Å². The number of hydrogen-bond acceptors (Lipinski definition) is 4. The first-order chi connectivity index (χ1) is 9.47. The van der Waals surface area contributed by atoms with E-state index in [9.17, 15) is 19.3 Å². The summed E-state index contributed by atoms with van der Waals surface area (Å²) in [6.07, 6.45) is 0. The second-order valence-electron chi connectivity index (χ2n) is 3.72. The van der Waals surface area contributed by atoms with Crippen molar-refractivity contribution in [3.63, 3.8) is 0 Å². The molecule has 0 unspecified atom stereocenters. The maximum atomic E-state index is 12.9. The second-order valence-corrected chi connectivity index (χ2v) is 4.88. The summed E-state index contributed by atoms with van der Waals surface area (Å²) in [5.41, 5.74) is -0.0615. The molecule has 2 rings (SSSR count). The summed E-state index contributed by atoms with van der Waals surface area (Å²) in [5.74, 6) is -1.27. The van der Waals surface area contributed by atoms with Gasteiger partial charge in [0.2, 0.25) is 5.95 Å². The first kappa shape index (κ1) is 14.3. The number of nitro benzene ring substituents is 1. The van der Waals surface area contributed by atoms with Crippen LogP contribution in [0.2, 0.25) is 0 Å². The highest BCUT2D eigenvalue weighted by Gasteiger charge is 2.16. The molecule has 102 valence electrons. The molecular formula is C12H7FIN3O3. The van der Waals surface area contributed by atoms with Gasteiger partial charge >= 0.3 is 0 Å². The number of amides is 1. The lowest BCUT2D eigenvalue weighted by Gasteiger charge is -2.06. The zero-order chi connectivity index (χ0) is 14.7. The summed E-state index contributed by atoms with van der Waals surface area (Å²) in [7, 11) is 0. The number of nitrogens with zero attached hydrogens (tertiary/aromatic N) is 2. The molecule has 0 aliphatic rings. The van der Waals surface area contributed by atoms with E-state index in [1.165, 1.54) is 24.3 Å². The molecule has 6 nitrogen and oxygen atoms in total. The molecule has 0 aliphatic carbocycles. The van der Waals surface area contributed by atoms with Gasteiger partial charge in [-0.05, 0) is 40.8 Å². The Bertz CT molecular complexity index is 693. The minimum Gasteiger partial charge on any atom is -0.306 e. The van der Waals surface area contributed by atoms with Crippen molar-refractivity contribution in [2.45, 2.75) is 0 Å². The number of aromatic nitrogens is 1. The number of nitrogens with one attached hydrogen (secondary N) is 1. The Morgan fingerprint density at radius 1 is 1.35 bits per heavy atom. The van der Waals surface area contributed by atoms with Crippen molar-refractivity contribution in [2.75, 3.05) is 5.32 Å². The van der Waals surface area contributed by atoms with Crippen LogP contribution in [0.1, 0.15) is 10.4 Å². The summed E-state index contributed by atoms with van der Waals surface area (Å²) < 4.78 is 13.5. The van der Waals surface area contributed by atoms with Crippen molar-refractivity contribution in [3.8, 4) is 0 Å². The molecule has 0 saturated carbocycles. The van der Waals surface area contributed by atoms with Crippen molar-refractivity contribution in [1.29, 1.82) is 0 Å². The van der Waals surface area contributed by atoms with Crippen molar-refractivity contribution < 1.29 is 14.1 Å². The first-order valence-electron chi connectivity index (χ1n) is 5.35. The fourth-order valence-electron chi connectivity index (χ4n) is 1.46. The lowest BCUT2D eigenvalue weighted by molar-refractivity contribution is -0.384. The molecular weight excluding hydrogens is 380 g/mol. The summed E-state index contributed by atoms with van der Waals surface area (Å²) in [6, 6.07) is 7.90. The lowest BCUT2D eigenvalue weighted by Crippen LogP contribution is -2.15. The van der Waals surface area contributed by atoms with Crippen LogP contribution in [0, 0.1) is 19.6 Å². The van der Waals surface area contributed by atoms with Gasteiger partial charge in [0.25, 0.3) is 11.6 Å². The van der Waals surface area contributed by atoms with Gasteiger partial charge in [-0.3, -0.25) is 14.9 Å². The minimum absolute atomic E-state index is 0.0392. The van der Waals surface area contributed by atoms with Gasteiger partial charge in [-0.15, -0.1) is 0 Å². The predicted molar refractivity (Wildman–Crippen MR) is 78.0 cm³/mol. The summed E-state index contributed by atoms with van der Waals surface area (Å²) in [6.45, 7) is 0. The van der Waals surface area contributed by atoms with Gasteiger partial charge < -0.3 is 5.32 Å². The molecule has 1 aromatic heterocycles. The Morgan fingerprint density at radius 2 is 2.10 bits per heavy atom. The lowest BCUT2D eigenvalue weighted by atomic mass is 10.2. The van der Waals surface area contributed by atoms with E-state index in [2.05, 4.69) is 10.3 Å². The number of hydrogen-bond donors (Lipinski definition) is 1. The third-order valence-electron chi connectivity index (χ3n) is 2.36. The van der Waals surface area contributed by atoms with Crippen LogP contribution in [0.15, 0.2) is 36.4 Å². The van der Waals surface area contributed by atoms with Crippen LogP contribution in [0.4, 0.5) is 15.9 Å². The van der Waals surface area contributed by atoms with Gasteiger partial charge in [0.1, 0.15) is 5.82 Å². The second kappa shape index (κ2) is 5.90. The molecule has 0 spiro atoms. The highest BCUT2D eigenvalue weighted by Crippen LogP contribution is 2.20. The highest BCUT2D eigenvalue weighted by molar-refractivity contribution is 14.1. The largest absolute Gasteiger partial charge is 0.306 e. The van der Waals surface area contributed by atoms with E-state index in [0.717, 1.165) is 12.1 Å². The predicted octanol–water partition coefficient (Wildman–Crippen LogP) is 2.99. The number of non-ortho nitro benzene ring substituents is 1. The summed E-state index contributed by atoms with van der Waals surface area (Å²) in [5, 5.41) is 13.1. The molecule has 1 aromatic carbocycles. The van der Waals surface area contributed by atoms with Gasteiger partial charge in [-0.2, -0.15) is 4.39 Å². The number of rotatable bonds is 3. The van der Waals surface area contributed by atoms with Crippen LogP contribution in [0.5, 0.6) is 0 Å². The first-order valence-corrected chi connectivity index (χ1v) is 6.43. The normalized spacial score (nSPS) is 10.1. The minimum atomic E-state index is -0.725. The quantitative estimate of drug-likeness (QED) is 0.380. The van der Waals surface area contributed by atoms with Crippen molar-refractivity contribution >= 4 is 40.0 Å². The summed E-state index contributed by atoms with van der Waals surface area (Å²) in [4.78, 5) is 25.6. The van der Waals surface area contributed by atoms with Crippen LogP contribution in [0.25, 0.3) is 0 Å². The topological polar surface area (TPSA) is 85.1 Å². The third-order valence-corrected chi connectivity index (χ3v) is 3.30. The molecule has 20 heavy (non-hydrogen) atoms. The average molecular weight is 387 g/mol. The molecule has 1 N–H and O–H groups in total. The smallest absolute Gasteiger partial charge is 0.270 e.